The highest BCUT2D eigenvalue weighted by atomic mass is 35.5. The predicted molar refractivity (Wildman–Crippen MR) is 92.5 cm³/mol. The summed E-state index contributed by atoms with van der Waals surface area (Å²) in [6.07, 6.45) is 1.07. The molecule has 0 saturated carbocycles. The topological polar surface area (TPSA) is 15.3 Å². The second kappa shape index (κ2) is 9.86. The van der Waals surface area contributed by atoms with Gasteiger partial charge in [0.1, 0.15) is 5.82 Å². The van der Waals surface area contributed by atoms with Crippen molar-refractivity contribution in [2.24, 2.45) is 5.92 Å². The molecular formula is C15H24Cl3FN2. The van der Waals surface area contributed by atoms with Gasteiger partial charge in [0.15, 0.2) is 0 Å². The maximum absolute atomic E-state index is 13.6. The second-order valence-corrected chi connectivity index (χ2v) is 5.76. The van der Waals surface area contributed by atoms with Gasteiger partial charge in [-0.05, 0) is 29.7 Å². The Hall–Kier alpha value is -0.0600. The number of rotatable bonds is 4. The molecule has 1 aliphatic heterocycles. The Bertz CT molecular complexity index is 405. The van der Waals surface area contributed by atoms with Crippen LogP contribution >= 0.6 is 36.4 Å². The van der Waals surface area contributed by atoms with Gasteiger partial charge in [0.05, 0.1) is 0 Å². The SMILES string of the molecule is CCC(C)[C@@H](c1cc(F)cc(Cl)c1)N1CCNCC1.Cl.Cl. The molecule has 0 spiro atoms. The van der Waals surface area contributed by atoms with E-state index in [1.165, 1.54) is 6.07 Å². The van der Waals surface area contributed by atoms with Crippen molar-refractivity contribution >= 4 is 36.4 Å². The van der Waals surface area contributed by atoms with E-state index in [-0.39, 0.29) is 36.7 Å². The third-order valence-corrected chi connectivity index (χ3v) is 4.17. The summed E-state index contributed by atoms with van der Waals surface area (Å²) in [6, 6.07) is 5.16. The molecule has 122 valence electrons. The van der Waals surface area contributed by atoms with E-state index in [9.17, 15) is 4.39 Å². The standard InChI is InChI=1S/C15H22ClFN2.2ClH/c1-3-11(2)15(19-6-4-18-5-7-19)12-8-13(16)10-14(17)9-12;;/h8-11,15,18H,3-7H2,1-2H3;2*1H/t11?,15-;;/m0../s1. The van der Waals surface area contributed by atoms with E-state index in [1.807, 2.05) is 6.07 Å². The smallest absolute Gasteiger partial charge is 0.125 e. The molecule has 1 heterocycles. The van der Waals surface area contributed by atoms with Crippen LogP contribution in [0.3, 0.4) is 0 Å². The van der Waals surface area contributed by atoms with Crippen LogP contribution in [0, 0.1) is 11.7 Å². The zero-order chi connectivity index (χ0) is 13.8. The summed E-state index contributed by atoms with van der Waals surface area (Å²) in [5.41, 5.74) is 1.00. The van der Waals surface area contributed by atoms with Crippen LogP contribution in [-0.4, -0.2) is 31.1 Å². The van der Waals surface area contributed by atoms with Gasteiger partial charge in [-0.2, -0.15) is 0 Å². The number of halogens is 4. The fourth-order valence-electron chi connectivity index (χ4n) is 2.83. The number of hydrogen-bond acceptors (Lipinski definition) is 2. The molecule has 1 saturated heterocycles. The van der Waals surface area contributed by atoms with Crippen LogP contribution in [-0.2, 0) is 0 Å². The minimum Gasteiger partial charge on any atom is -0.314 e. The van der Waals surface area contributed by atoms with Crippen molar-refractivity contribution < 1.29 is 4.39 Å². The van der Waals surface area contributed by atoms with E-state index in [0.717, 1.165) is 38.2 Å². The van der Waals surface area contributed by atoms with Crippen molar-refractivity contribution in [3.8, 4) is 0 Å². The molecule has 1 N–H and O–H groups in total. The van der Waals surface area contributed by atoms with Crippen LogP contribution < -0.4 is 5.32 Å². The van der Waals surface area contributed by atoms with E-state index in [0.29, 0.717) is 10.9 Å². The van der Waals surface area contributed by atoms with Crippen molar-refractivity contribution in [1.29, 1.82) is 0 Å². The molecular weight excluding hydrogens is 334 g/mol. The third-order valence-electron chi connectivity index (χ3n) is 3.95. The Morgan fingerprint density at radius 2 is 1.86 bits per heavy atom. The number of benzene rings is 1. The van der Waals surface area contributed by atoms with E-state index >= 15 is 0 Å². The minimum atomic E-state index is -0.245. The van der Waals surface area contributed by atoms with Gasteiger partial charge in [-0.15, -0.1) is 24.8 Å². The molecule has 1 aromatic carbocycles. The first-order chi connectivity index (χ1) is 9.11. The highest BCUT2D eigenvalue weighted by molar-refractivity contribution is 6.30. The van der Waals surface area contributed by atoms with Crippen LogP contribution in [0.5, 0.6) is 0 Å². The molecule has 1 aliphatic rings. The lowest BCUT2D eigenvalue weighted by Crippen LogP contribution is -2.46. The second-order valence-electron chi connectivity index (χ2n) is 5.32. The van der Waals surface area contributed by atoms with Crippen molar-refractivity contribution in [3.05, 3.63) is 34.6 Å². The van der Waals surface area contributed by atoms with Gasteiger partial charge in [0.2, 0.25) is 0 Å². The van der Waals surface area contributed by atoms with Gasteiger partial charge in [-0.3, -0.25) is 4.90 Å². The Balaban J connectivity index is 0.00000200. The van der Waals surface area contributed by atoms with Crippen LogP contribution in [0.2, 0.25) is 5.02 Å². The molecule has 2 rings (SSSR count). The minimum absolute atomic E-state index is 0. The molecule has 0 amide bonds. The summed E-state index contributed by atoms with van der Waals surface area (Å²) < 4.78 is 13.6. The first-order valence-corrected chi connectivity index (χ1v) is 7.40. The maximum Gasteiger partial charge on any atom is 0.125 e. The number of nitrogens with one attached hydrogen (secondary N) is 1. The number of piperazine rings is 1. The summed E-state index contributed by atoms with van der Waals surface area (Å²) in [4.78, 5) is 2.44. The van der Waals surface area contributed by atoms with Gasteiger partial charge < -0.3 is 5.32 Å². The summed E-state index contributed by atoms with van der Waals surface area (Å²) in [5, 5.41) is 3.84. The van der Waals surface area contributed by atoms with Crippen molar-refractivity contribution in [2.75, 3.05) is 26.2 Å². The van der Waals surface area contributed by atoms with E-state index < -0.39 is 0 Å². The zero-order valence-electron chi connectivity index (χ0n) is 12.4. The summed E-state index contributed by atoms with van der Waals surface area (Å²) in [6.45, 7) is 8.41. The molecule has 0 aromatic heterocycles. The normalized spacial score (nSPS) is 18.3. The zero-order valence-corrected chi connectivity index (χ0v) is 14.8. The molecule has 2 atom stereocenters. The highest BCUT2D eigenvalue weighted by Gasteiger charge is 2.26. The van der Waals surface area contributed by atoms with Crippen LogP contribution in [0.4, 0.5) is 4.39 Å². The molecule has 0 radical (unpaired) electrons. The lowest BCUT2D eigenvalue weighted by molar-refractivity contribution is 0.128. The van der Waals surface area contributed by atoms with E-state index in [1.54, 1.807) is 6.07 Å². The van der Waals surface area contributed by atoms with Gasteiger partial charge in [0, 0.05) is 37.2 Å². The fraction of sp³-hybridized carbons (Fsp3) is 0.600. The van der Waals surface area contributed by atoms with E-state index in [2.05, 4.69) is 24.1 Å². The molecule has 1 fully saturated rings. The van der Waals surface area contributed by atoms with Gasteiger partial charge in [0.25, 0.3) is 0 Å². The third kappa shape index (κ3) is 5.57. The molecule has 21 heavy (non-hydrogen) atoms. The van der Waals surface area contributed by atoms with Gasteiger partial charge in [-0.25, -0.2) is 4.39 Å². The maximum atomic E-state index is 13.6. The predicted octanol–water partition coefficient (Wildman–Crippen LogP) is 4.32. The molecule has 0 aliphatic carbocycles. The summed E-state index contributed by atoms with van der Waals surface area (Å²) >= 11 is 6.01. The van der Waals surface area contributed by atoms with Crippen LogP contribution in [0.15, 0.2) is 18.2 Å². The molecule has 2 nitrogen and oxygen atoms in total. The molecule has 1 unspecified atom stereocenters. The first kappa shape index (κ1) is 20.9. The number of hydrogen-bond donors (Lipinski definition) is 1. The Kier molecular flexibility index (Phi) is 9.83. The van der Waals surface area contributed by atoms with Crippen molar-refractivity contribution in [3.63, 3.8) is 0 Å². The average molecular weight is 358 g/mol. The van der Waals surface area contributed by atoms with E-state index in [4.69, 9.17) is 11.6 Å². The lowest BCUT2D eigenvalue weighted by Gasteiger charge is -2.38. The van der Waals surface area contributed by atoms with Crippen LogP contribution in [0.1, 0.15) is 31.9 Å². The van der Waals surface area contributed by atoms with Crippen LogP contribution in [0.25, 0.3) is 0 Å². The fourth-order valence-corrected chi connectivity index (χ4v) is 3.06. The first-order valence-electron chi connectivity index (χ1n) is 7.02. The van der Waals surface area contributed by atoms with Gasteiger partial charge in [-0.1, -0.05) is 31.9 Å². The van der Waals surface area contributed by atoms with Crippen molar-refractivity contribution in [1.82, 2.24) is 10.2 Å². The monoisotopic (exact) mass is 356 g/mol. The average Bonchev–Trinajstić information content (AvgIpc) is 2.39. The quantitative estimate of drug-likeness (QED) is 0.863. The number of nitrogens with zero attached hydrogens (tertiary/aromatic N) is 1. The Morgan fingerprint density at radius 3 is 2.38 bits per heavy atom. The Labute approximate surface area is 144 Å². The highest BCUT2D eigenvalue weighted by Crippen LogP contribution is 2.32. The van der Waals surface area contributed by atoms with Gasteiger partial charge >= 0.3 is 0 Å². The molecule has 1 aromatic rings. The van der Waals surface area contributed by atoms with Crippen molar-refractivity contribution in [2.45, 2.75) is 26.3 Å². The molecule has 0 bridgehead atoms. The lowest BCUT2D eigenvalue weighted by atomic mass is 9.90. The molecule has 6 heteroatoms. The Morgan fingerprint density at radius 1 is 1.24 bits per heavy atom. The largest absolute Gasteiger partial charge is 0.314 e. The summed E-state index contributed by atoms with van der Waals surface area (Å²) in [5.74, 6) is 0.238. The summed E-state index contributed by atoms with van der Waals surface area (Å²) in [7, 11) is 0.